The topological polar surface area (TPSA) is 73.9 Å². The maximum absolute atomic E-state index is 12.1. The van der Waals surface area contributed by atoms with Gasteiger partial charge in [0.25, 0.3) is 5.91 Å². The SMILES string of the molecule is CCOc1ccccc1OCC(=O)Nc1ccc(C(=O)OC(C)C)cc1. The highest BCUT2D eigenvalue weighted by Gasteiger charge is 2.10. The lowest BCUT2D eigenvalue weighted by Crippen LogP contribution is -2.20. The second-order valence-corrected chi connectivity index (χ2v) is 5.75. The van der Waals surface area contributed by atoms with Crippen molar-refractivity contribution in [1.82, 2.24) is 0 Å². The monoisotopic (exact) mass is 357 g/mol. The highest BCUT2D eigenvalue weighted by Crippen LogP contribution is 2.26. The van der Waals surface area contributed by atoms with Gasteiger partial charge in [0, 0.05) is 5.69 Å². The van der Waals surface area contributed by atoms with E-state index in [1.54, 1.807) is 50.2 Å². The second kappa shape index (κ2) is 9.46. The first-order valence-electron chi connectivity index (χ1n) is 8.45. The number of esters is 1. The average Bonchev–Trinajstić information content (AvgIpc) is 2.61. The fourth-order valence-electron chi connectivity index (χ4n) is 2.16. The van der Waals surface area contributed by atoms with Gasteiger partial charge in [-0.2, -0.15) is 0 Å². The Bertz CT molecular complexity index is 740. The van der Waals surface area contributed by atoms with Crippen LogP contribution in [-0.2, 0) is 9.53 Å². The number of hydrogen-bond acceptors (Lipinski definition) is 5. The van der Waals surface area contributed by atoms with Crippen LogP contribution in [0.1, 0.15) is 31.1 Å². The van der Waals surface area contributed by atoms with Crippen molar-refractivity contribution in [3.05, 3.63) is 54.1 Å². The normalized spacial score (nSPS) is 10.3. The van der Waals surface area contributed by atoms with E-state index in [1.807, 2.05) is 19.1 Å². The van der Waals surface area contributed by atoms with Gasteiger partial charge >= 0.3 is 5.97 Å². The first-order valence-corrected chi connectivity index (χ1v) is 8.45. The zero-order valence-electron chi connectivity index (χ0n) is 15.2. The molecule has 0 aliphatic carbocycles. The summed E-state index contributed by atoms with van der Waals surface area (Å²) in [5.74, 6) is 0.398. The number of carbonyl (C=O) groups excluding carboxylic acids is 2. The Balaban J connectivity index is 1.89. The standard InChI is InChI=1S/C20H23NO5/c1-4-24-17-7-5-6-8-18(17)25-13-19(22)21-16-11-9-15(10-12-16)20(23)26-14(2)3/h5-12,14H,4,13H2,1-3H3,(H,21,22). The molecule has 0 radical (unpaired) electrons. The van der Waals surface area contributed by atoms with Gasteiger partial charge in [0.05, 0.1) is 18.3 Å². The number of amides is 1. The zero-order valence-corrected chi connectivity index (χ0v) is 15.2. The van der Waals surface area contributed by atoms with Crippen LogP contribution in [0.4, 0.5) is 5.69 Å². The first kappa shape index (κ1) is 19.3. The summed E-state index contributed by atoms with van der Waals surface area (Å²) in [6.07, 6.45) is -0.182. The summed E-state index contributed by atoms with van der Waals surface area (Å²) >= 11 is 0. The average molecular weight is 357 g/mol. The van der Waals surface area contributed by atoms with E-state index in [0.717, 1.165) is 0 Å². The molecule has 0 heterocycles. The molecule has 1 amide bonds. The molecule has 0 atom stereocenters. The Morgan fingerprint density at radius 3 is 2.15 bits per heavy atom. The summed E-state index contributed by atoms with van der Waals surface area (Å²) in [7, 11) is 0. The van der Waals surface area contributed by atoms with Crippen molar-refractivity contribution in [2.75, 3.05) is 18.5 Å². The van der Waals surface area contributed by atoms with Crippen LogP contribution in [0, 0.1) is 0 Å². The van der Waals surface area contributed by atoms with Gasteiger partial charge in [-0.05, 0) is 57.2 Å². The van der Waals surface area contributed by atoms with Crippen molar-refractivity contribution < 1.29 is 23.8 Å². The van der Waals surface area contributed by atoms with E-state index in [2.05, 4.69) is 5.32 Å². The van der Waals surface area contributed by atoms with E-state index in [4.69, 9.17) is 14.2 Å². The molecule has 2 aromatic carbocycles. The molecule has 0 aliphatic rings. The smallest absolute Gasteiger partial charge is 0.338 e. The van der Waals surface area contributed by atoms with Crippen molar-refractivity contribution in [3.8, 4) is 11.5 Å². The van der Waals surface area contributed by atoms with Crippen molar-refractivity contribution in [1.29, 1.82) is 0 Å². The van der Waals surface area contributed by atoms with Crippen LogP contribution in [0.25, 0.3) is 0 Å². The molecule has 0 saturated carbocycles. The van der Waals surface area contributed by atoms with Crippen LogP contribution in [0.15, 0.2) is 48.5 Å². The minimum Gasteiger partial charge on any atom is -0.490 e. The predicted molar refractivity (Wildman–Crippen MR) is 98.7 cm³/mol. The summed E-state index contributed by atoms with van der Waals surface area (Å²) < 4.78 is 16.1. The highest BCUT2D eigenvalue weighted by atomic mass is 16.5. The maximum atomic E-state index is 12.1. The number of hydrogen-bond donors (Lipinski definition) is 1. The van der Waals surface area contributed by atoms with Gasteiger partial charge in [0.2, 0.25) is 0 Å². The largest absolute Gasteiger partial charge is 0.490 e. The van der Waals surface area contributed by atoms with Gasteiger partial charge in [0.1, 0.15) is 0 Å². The number of carbonyl (C=O) groups is 2. The highest BCUT2D eigenvalue weighted by molar-refractivity contribution is 5.93. The minimum atomic E-state index is -0.395. The summed E-state index contributed by atoms with van der Waals surface area (Å²) in [6, 6.07) is 13.7. The van der Waals surface area contributed by atoms with Crippen LogP contribution in [0.2, 0.25) is 0 Å². The lowest BCUT2D eigenvalue weighted by molar-refractivity contribution is -0.118. The Labute approximate surface area is 153 Å². The van der Waals surface area contributed by atoms with Crippen molar-refractivity contribution in [2.45, 2.75) is 26.9 Å². The zero-order chi connectivity index (χ0) is 18.9. The summed E-state index contributed by atoms with van der Waals surface area (Å²) in [5, 5.41) is 2.71. The fourth-order valence-corrected chi connectivity index (χ4v) is 2.16. The number of nitrogens with one attached hydrogen (secondary N) is 1. The van der Waals surface area contributed by atoms with Crippen LogP contribution < -0.4 is 14.8 Å². The van der Waals surface area contributed by atoms with Crippen molar-refractivity contribution in [3.63, 3.8) is 0 Å². The molecule has 0 fully saturated rings. The molecule has 2 aromatic rings. The van der Waals surface area contributed by atoms with E-state index in [9.17, 15) is 9.59 Å². The Morgan fingerprint density at radius 2 is 1.58 bits per heavy atom. The van der Waals surface area contributed by atoms with E-state index < -0.39 is 5.97 Å². The van der Waals surface area contributed by atoms with Gasteiger partial charge in [-0.15, -0.1) is 0 Å². The Kier molecular flexibility index (Phi) is 7.02. The molecule has 2 rings (SSSR count). The number of anilines is 1. The number of rotatable bonds is 8. The quantitative estimate of drug-likeness (QED) is 0.730. The predicted octanol–water partition coefficient (Wildman–Crippen LogP) is 3.67. The van der Waals surface area contributed by atoms with E-state index >= 15 is 0 Å². The van der Waals surface area contributed by atoms with Gasteiger partial charge < -0.3 is 19.5 Å². The molecule has 0 spiro atoms. The van der Waals surface area contributed by atoms with Crippen LogP contribution in [0.5, 0.6) is 11.5 Å². The molecular weight excluding hydrogens is 334 g/mol. The third kappa shape index (κ3) is 5.81. The molecule has 6 nitrogen and oxygen atoms in total. The molecular formula is C20H23NO5. The maximum Gasteiger partial charge on any atom is 0.338 e. The number of ether oxygens (including phenoxy) is 3. The van der Waals surface area contributed by atoms with Crippen LogP contribution in [-0.4, -0.2) is 31.2 Å². The number of para-hydroxylation sites is 2. The Morgan fingerprint density at radius 1 is 0.962 bits per heavy atom. The van der Waals surface area contributed by atoms with E-state index in [-0.39, 0.29) is 18.6 Å². The van der Waals surface area contributed by atoms with Gasteiger partial charge in [-0.3, -0.25) is 4.79 Å². The summed E-state index contributed by atoms with van der Waals surface area (Å²) in [5.41, 5.74) is 0.997. The third-order valence-electron chi connectivity index (χ3n) is 3.25. The number of benzene rings is 2. The fraction of sp³-hybridized carbons (Fsp3) is 0.300. The van der Waals surface area contributed by atoms with Gasteiger partial charge in [0.15, 0.2) is 18.1 Å². The third-order valence-corrected chi connectivity index (χ3v) is 3.25. The summed E-state index contributed by atoms with van der Waals surface area (Å²) in [4.78, 5) is 23.8. The molecule has 0 saturated heterocycles. The molecule has 0 unspecified atom stereocenters. The molecule has 1 N–H and O–H groups in total. The first-order chi connectivity index (χ1) is 12.5. The van der Waals surface area contributed by atoms with E-state index in [1.165, 1.54) is 0 Å². The molecule has 0 aliphatic heterocycles. The second-order valence-electron chi connectivity index (χ2n) is 5.75. The van der Waals surface area contributed by atoms with E-state index in [0.29, 0.717) is 29.4 Å². The van der Waals surface area contributed by atoms with Crippen LogP contribution in [0.3, 0.4) is 0 Å². The van der Waals surface area contributed by atoms with Crippen molar-refractivity contribution in [2.24, 2.45) is 0 Å². The lowest BCUT2D eigenvalue weighted by atomic mass is 10.2. The van der Waals surface area contributed by atoms with Gasteiger partial charge in [-0.1, -0.05) is 12.1 Å². The Hall–Kier alpha value is -3.02. The molecule has 0 aromatic heterocycles. The van der Waals surface area contributed by atoms with Gasteiger partial charge in [-0.25, -0.2) is 4.79 Å². The molecule has 26 heavy (non-hydrogen) atoms. The lowest BCUT2D eigenvalue weighted by Gasteiger charge is -2.12. The van der Waals surface area contributed by atoms with Crippen LogP contribution >= 0.6 is 0 Å². The minimum absolute atomic E-state index is 0.152. The molecule has 138 valence electrons. The summed E-state index contributed by atoms with van der Waals surface area (Å²) in [6.45, 7) is 5.82. The molecule has 0 bridgehead atoms. The van der Waals surface area contributed by atoms with Crippen molar-refractivity contribution >= 4 is 17.6 Å². The molecule has 6 heteroatoms.